The minimum Gasteiger partial charge on any atom is -0.372 e. The second-order valence-corrected chi connectivity index (χ2v) is 4.29. The van der Waals surface area contributed by atoms with Crippen LogP contribution in [0, 0.1) is 5.92 Å². The molecule has 3 nitrogen and oxygen atoms in total. The fourth-order valence-corrected chi connectivity index (χ4v) is 1.87. The highest BCUT2D eigenvalue weighted by molar-refractivity contribution is 4.79. The highest BCUT2D eigenvalue weighted by atomic mass is 16.5. The lowest BCUT2D eigenvalue weighted by Gasteiger charge is -2.12. The molecule has 13 heavy (non-hydrogen) atoms. The molecule has 2 fully saturated rings. The number of hydrogen-bond donors (Lipinski definition) is 2. The summed E-state index contributed by atoms with van der Waals surface area (Å²) in [4.78, 5) is 0. The number of rotatable bonds is 5. The lowest BCUT2D eigenvalue weighted by molar-refractivity contribution is 0.0505. The van der Waals surface area contributed by atoms with Gasteiger partial charge in [-0.25, -0.2) is 0 Å². The van der Waals surface area contributed by atoms with Crippen molar-refractivity contribution in [3.8, 4) is 0 Å². The second-order valence-electron chi connectivity index (χ2n) is 4.29. The minimum atomic E-state index is 0.327. The van der Waals surface area contributed by atoms with Gasteiger partial charge in [-0.05, 0) is 38.1 Å². The van der Waals surface area contributed by atoms with Crippen molar-refractivity contribution in [2.45, 2.75) is 37.9 Å². The molecule has 1 aliphatic carbocycles. The van der Waals surface area contributed by atoms with Crippen LogP contribution in [0.1, 0.15) is 25.7 Å². The third-order valence-corrected chi connectivity index (χ3v) is 2.96. The molecular weight excluding hydrogens is 164 g/mol. The number of ether oxygens (including phenoxy) is 1. The van der Waals surface area contributed by atoms with E-state index >= 15 is 0 Å². The summed E-state index contributed by atoms with van der Waals surface area (Å²) in [5.41, 5.74) is 5.54. The van der Waals surface area contributed by atoms with E-state index in [1.807, 2.05) is 0 Å². The van der Waals surface area contributed by atoms with Crippen LogP contribution in [0.3, 0.4) is 0 Å². The molecule has 76 valence electrons. The summed E-state index contributed by atoms with van der Waals surface area (Å²) in [6.45, 7) is 2.89. The first-order valence-corrected chi connectivity index (χ1v) is 5.44. The van der Waals surface area contributed by atoms with Crippen LogP contribution in [0.2, 0.25) is 0 Å². The smallest absolute Gasteiger partial charge is 0.0704 e. The molecule has 2 atom stereocenters. The van der Waals surface area contributed by atoms with Gasteiger partial charge in [0, 0.05) is 13.1 Å². The molecule has 3 heteroatoms. The molecule has 0 spiro atoms. The molecule has 1 heterocycles. The van der Waals surface area contributed by atoms with E-state index in [0.29, 0.717) is 18.8 Å². The Bertz CT molecular complexity index is 159. The van der Waals surface area contributed by atoms with Crippen molar-refractivity contribution >= 4 is 0 Å². The Balaban J connectivity index is 1.54. The normalized spacial score (nSPS) is 33.9. The third-order valence-electron chi connectivity index (χ3n) is 2.96. The Morgan fingerprint density at radius 1 is 1.08 bits per heavy atom. The SMILES string of the molecule is NCC1CCC(CNCC2CC2)O1. The summed E-state index contributed by atoms with van der Waals surface area (Å²) in [5, 5.41) is 3.47. The predicted molar refractivity (Wildman–Crippen MR) is 52.5 cm³/mol. The van der Waals surface area contributed by atoms with Gasteiger partial charge in [-0.1, -0.05) is 0 Å². The molecule has 0 amide bonds. The maximum absolute atomic E-state index is 5.73. The molecule has 0 radical (unpaired) electrons. The van der Waals surface area contributed by atoms with Gasteiger partial charge in [-0.2, -0.15) is 0 Å². The van der Waals surface area contributed by atoms with Gasteiger partial charge in [0.25, 0.3) is 0 Å². The third kappa shape index (κ3) is 2.93. The van der Waals surface area contributed by atoms with Crippen LogP contribution in [0.25, 0.3) is 0 Å². The van der Waals surface area contributed by atoms with Crippen LogP contribution >= 0.6 is 0 Å². The summed E-state index contributed by atoms with van der Waals surface area (Å²) in [6.07, 6.45) is 5.92. The van der Waals surface area contributed by atoms with E-state index in [1.165, 1.54) is 25.8 Å². The Morgan fingerprint density at radius 2 is 1.85 bits per heavy atom. The Morgan fingerprint density at radius 3 is 2.46 bits per heavy atom. The molecule has 1 saturated carbocycles. The first kappa shape index (κ1) is 9.44. The summed E-state index contributed by atoms with van der Waals surface area (Å²) < 4.78 is 5.73. The molecule has 2 unspecified atom stereocenters. The largest absolute Gasteiger partial charge is 0.372 e. The molecule has 0 aromatic carbocycles. The summed E-state index contributed by atoms with van der Waals surface area (Å²) in [5.74, 6) is 0.965. The van der Waals surface area contributed by atoms with Crippen LogP contribution in [0.15, 0.2) is 0 Å². The van der Waals surface area contributed by atoms with E-state index < -0.39 is 0 Å². The van der Waals surface area contributed by atoms with E-state index in [0.717, 1.165) is 18.9 Å². The van der Waals surface area contributed by atoms with E-state index in [-0.39, 0.29) is 0 Å². The van der Waals surface area contributed by atoms with Crippen molar-refractivity contribution in [3.63, 3.8) is 0 Å². The predicted octanol–water partition coefficient (Wildman–Crippen LogP) is 0.492. The maximum atomic E-state index is 5.73. The number of nitrogens with two attached hydrogens (primary N) is 1. The van der Waals surface area contributed by atoms with Gasteiger partial charge in [0.1, 0.15) is 0 Å². The zero-order valence-electron chi connectivity index (χ0n) is 8.17. The average Bonchev–Trinajstić information content (AvgIpc) is 2.84. The van der Waals surface area contributed by atoms with Gasteiger partial charge < -0.3 is 15.8 Å². The van der Waals surface area contributed by atoms with Gasteiger partial charge in [-0.3, -0.25) is 0 Å². The van der Waals surface area contributed by atoms with Crippen molar-refractivity contribution < 1.29 is 4.74 Å². The van der Waals surface area contributed by atoms with Crippen LogP contribution in [-0.2, 0) is 4.74 Å². The average molecular weight is 184 g/mol. The van der Waals surface area contributed by atoms with E-state index in [2.05, 4.69) is 5.32 Å². The summed E-state index contributed by atoms with van der Waals surface area (Å²) in [6, 6.07) is 0. The molecular formula is C10H20N2O. The van der Waals surface area contributed by atoms with Crippen molar-refractivity contribution in [2.75, 3.05) is 19.6 Å². The van der Waals surface area contributed by atoms with Gasteiger partial charge in [0.2, 0.25) is 0 Å². The molecule has 3 N–H and O–H groups in total. The maximum Gasteiger partial charge on any atom is 0.0704 e. The molecule has 0 aromatic heterocycles. The lowest BCUT2D eigenvalue weighted by atomic mass is 10.2. The van der Waals surface area contributed by atoms with Gasteiger partial charge in [0.15, 0.2) is 0 Å². The van der Waals surface area contributed by atoms with Gasteiger partial charge >= 0.3 is 0 Å². The lowest BCUT2D eigenvalue weighted by Crippen LogP contribution is -2.29. The minimum absolute atomic E-state index is 0.327. The Hall–Kier alpha value is -0.120. The van der Waals surface area contributed by atoms with Crippen LogP contribution in [0.4, 0.5) is 0 Å². The number of nitrogens with one attached hydrogen (secondary N) is 1. The highest BCUT2D eigenvalue weighted by Gasteiger charge is 2.25. The zero-order valence-corrected chi connectivity index (χ0v) is 8.17. The highest BCUT2D eigenvalue weighted by Crippen LogP contribution is 2.27. The topological polar surface area (TPSA) is 47.3 Å². The fourth-order valence-electron chi connectivity index (χ4n) is 1.87. The van der Waals surface area contributed by atoms with E-state index in [4.69, 9.17) is 10.5 Å². The first-order chi connectivity index (χ1) is 6.38. The van der Waals surface area contributed by atoms with Gasteiger partial charge in [0.05, 0.1) is 12.2 Å². The van der Waals surface area contributed by atoms with Crippen molar-refractivity contribution in [2.24, 2.45) is 11.7 Å². The van der Waals surface area contributed by atoms with Crippen molar-refractivity contribution in [1.29, 1.82) is 0 Å². The van der Waals surface area contributed by atoms with E-state index in [9.17, 15) is 0 Å². The molecule has 1 saturated heterocycles. The van der Waals surface area contributed by atoms with Crippen LogP contribution < -0.4 is 11.1 Å². The zero-order chi connectivity index (χ0) is 9.10. The molecule has 0 aromatic rings. The second kappa shape index (κ2) is 4.40. The van der Waals surface area contributed by atoms with E-state index in [1.54, 1.807) is 0 Å². The van der Waals surface area contributed by atoms with Crippen LogP contribution in [0.5, 0.6) is 0 Å². The molecule has 0 bridgehead atoms. The quantitative estimate of drug-likeness (QED) is 0.654. The van der Waals surface area contributed by atoms with Crippen LogP contribution in [-0.4, -0.2) is 31.8 Å². The molecule has 2 rings (SSSR count). The summed E-state index contributed by atoms with van der Waals surface area (Å²) in [7, 11) is 0. The summed E-state index contributed by atoms with van der Waals surface area (Å²) >= 11 is 0. The molecule has 1 aliphatic heterocycles. The van der Waals surface area contributed by atoms with Crippen molar-refractivity contribution in [3.05, 3.63) is 0 Å². The monoisotopic (exact) mass is 184 g/mol. The fraction of sp³-hybridized carbons (Fsp3) is 1.00. The Kier molecular flexibility index (Phi) is 3.19. The number of hydrogen-bond acceptors (Lipinski definition) is 3. The standard InChI is InChI=1S/C10H20N2O/c11-5-9-3-4-10(13-9)7-12-6-8-1-2-8/h8-10,12H,1-7,11H2. The first-order valence-electron chi connectivity index (χ1n) is 5.44. The molecule has 2 aliphatic rings. The van der Waals surface area contributed by atoms with Gasteiger partial charge in [-0.15, -0.1) is 0 Å². The Labute approximate surface area is 80.0 Å². The van der Waals surface area contributed by atoms with Crippen molar-refractivity contribution in [1.82, 2.24) is 5.32 Å².